The van der Waals surface area contributed by atoms with Crippen molar-refractivity contribution < 1.29 is 14.3 Å². The van der Waals surface area contributed by atoms with Gasteiger partial charge in [-0.15, -0.1) is 0 Å². The first-order valence-corrected chi connectivity index (χ1v) is 9.36. The first kappa shape index (κ1) is 19.7. The normalized spacial score (nSPS) is 11.2. The summed E-state index contributed by atoms with van der Waals surface area (Å²) in [5, 5.41) is 0. The molecule has 0 aliphatic carbocycles. The van der Waals surface area contributed by atoms with Crippen LogP contribution in [0, 0.1) is 6.92 Å². The Morgan fingerprint density at radius 3 is 2.04 bits per heavy atom. The van der Waals surface area contributed by atoms with Gasteiger partial charge in [0.2, 0.25) is 0 Å². The fraction of sp³-hybridized carbons (Fsp3) is 0.240. The number of methoxy groups -OCH3 is 1. The first-order valence-electron chi connectivity index (χ1n) is 9.36. The second-order valence-corrected chi connectivity index (χ2v) is 7.48. The fourth-order valence-corrected chi connectivity index (χ4v) is 3.41. The highest BCUT2D eigenvalue weighted by atomic mass is 16.5. The molecule has 3 aromatic carbocycles. The Kier molecular flexibility index (Phi) is 5.55. The van der Waals surface area contributed by atoms with Crippen LogP contribution in [0.5, 0.6) is 11.5 Å². The van der Waals surface area contributed by atoms with E-state index in [1.165, 1.54) is 12.5 Å². The van der Waals surface area contributed by atoms with E-state index in [9.17, 15) is 4.79 Å². The van der Waals surface area contributed by atoms with Gasteiger partial charge in [0.15, 0.2) is 0 Å². The molecule has 0 atom stereocenters. The van der Waals surface area contributed by atoms with Crippen LogP contribution in [0.25, 0.3) is 11.1 Å². The Morgan fingerprint density at radius 2 is 1.46 bits per heavy atom. The Hall–Kier alpha value is -3.07. The van der Waals surface area contributed by atoms with Crippen molar-refractivity contribution in [3.8, 4) is 22.6 Å². The molecule has 0 aliphatic rings. The van der Waals surface area contributed by atoms with Crippen molar-refractivity contribution in [3.63, 3.8) is 0 Å². The molecule has 0 amide bonds. The topological polar surface area (TPSA) is 35.5 Å². The minimum atomic E-state index is -0.308. The quantitative estimate of drug-likeness (QED) is 0.411. The zero-order chi connectivity index (χ0) is 20.3. The number of esters is 1. The highest BCUT2D eigenvalue weighted by Crippen LogP contribution is 2.38. The molecule has 0 saturated carbocycles. The maximum Gasteiger partial charge on any atom is 0.308 e. The molecule has 0 radical (unpaired) electrons. The van der Waals surface area contributed by atoms with E-state index in [-0.39, 0.29) is 11.4 Å². The van der Waals surface area contributed by atoms with E-state index in [1.54, 1.807) is 7.11 Å². The monoisotopic (exact) mass is 374 g/mol. The summed E-state index contributed by atoms with van der Waals surface area (Å²) in [5.41, 5.74) is 5.25. The Labute approximate surface area is 166 Å². The Balaban J connectivity index is 2.05. The van der Waals surface area contributed by atoms with Crippen molar-refractivity contribution in [2.24, 2.45) is 0 Å². The van der Waals surface area contributed by atoms with E-state index in [4.69, 9.17) is 9.47 Å². The second-order valence-electron chi connectivity index (χ2n) is 7.48. The van der Waals surface area contributed by atoms with E-state index in [0.717, 1.165) is 28.0 Å². The van der Waals surface area contributed by atoms with Gasteiger partial charge in [0.05, 0.1) is 7.11 Å². The van der Waals surface area contributed by atoms with Gasteiger partial charge in [-0.3, -0.25) is 4.79 Å². The van der Waals surface area contributed by atoms with E-state index >= 15 is 0 Å². The van der Waals surface area contributed by atoms with Gasteiger partial charge in [-0.1, -0.05) is 62.4 Å². The summed E-state index contributed by atoms with van der Waals surface area (Å²) in [6.45, 7) is 7.77. The predicted molar refractivity (Wildman–Crippen MR) is 113 cm³/mol. The van der Waals surface area contributed by atoms with Crippen LogP contribution in [0.15, 0.2) is 66.7 Å². The molecule has 0 spiro atoms. The van der Waals surface area contributed by atoms with E-state index < -0.39 is 0 Å². The van der Waals surface area contributed by atoms with Crippen LogP contribution in [0.3, 0.4) is 0 Å². The maximum absolute atomic E-state index is 11.3. The number of rotatable bonds is 5. The molecule has 3 nitrogen and oxygen atoms in total. The number of aryl methyl sites for hydroxylation is 1. The zero-order valence-corrected chi connectivity index (χ0v) is 17.1. The Bertz CT molecular complexity index is 988. The van der Waals surface area contributed by atoms with Gasteiger partial charge in [0.1, 0.15) is 11.5 Å². The van der Waals surface area contributed by atoms with Gasteiger partial charge in [-0.2, -0.15) is 0 Å². The molecule has 0 fully saturated rings. The fourth-order valence-electron chi connectivity index (χ4n) is 3.41. The number of carbonyl (C=O) groups excluding carboxylic acids is 1. The summed E-state index contributed by atoms with van der Waals surface area (Å²) in [6.07, 6.45) is 0. The van der Waals surface area contributed by atoms with Crippen LogP contribution >= 0.6 is 0 Å². The van der Waals surface area contributed by atoms with Gasteiger partial charge in [0, 0.05) is 17.9 Å². The van der Waals surface area contributed by atoms with E-state index in [1.807, 2.05) is 43.3 Å². The maximum atomic E-state index is 11.3. The summed E-state index contributed by atoms with van der Waals surface area (Å²) in [6, 6.07) is 22.6. The number of hydrogen-bond donors (Lipinski definition) is 0. The molecule has 0 unspecified atom stereocenters. The van der Waals surface area contributed by atoms with Crippen LogP contribution in [0.1, 0.15) is 37.5 Å². The standard InChI is InChI=1S/C25H26O3/c1-17-15-20(11-13-23(17)28-18(2)26)25(3,4)21-12-14-24(27-5)22(16-21)19-9-7-6-8-10-19/h6-16H,1-5H3. The average Bonchev–Trinajstić information content (AvgIpc) is 2.69. The molecule has 144 valence electrons. The van der Waals surface area contributed by atoms with Crippen molar-refractivity contribution in [1.29, 1.82) is 0 Å². The van der Waals surface area contributed by atoms with E-state index in [2.05, 4.69) is 44.2 Å². The van der Waals surface area contributed by atoms with E-state index in [0.29, 0.717) is 5.75 Å². The molecule has 3 heteroatoms. The third-order valence-corrected chi connectivity index (χ3v) is 5.16. The lowest BCUT2D eigenvalue weighted by Gasteiger charge is -2.28. The number of benzene rings is 3. The third-order valence-electron chi connectivity index (χ3n) is 5.16. The molecule has 0 N–H and O–H groups in total. The van der Waals surface area contributed by atoms with Gasteiger partial charge in [-0.25, -0.2) is 0 Å². The van der Waals surface area contributed by atoms with Crippen LogP contribution in [0.2, 0.25) is 0 Å². The Morgan fingerprint density at radius 1 is 0.857 bits per heavy atom. The number of hydrogen-bond acceptors (Lipinski definition) is 3. The van der Waals surface area contributed by atoms with Crippen LogP contribution in [-0.2, 0) is 10.2 Å². The minimum absolute atomic E-state index is 0.227. The third kappa shape index (κ3) is 3.94. The molecule has 0 aromatic heterocycles. The summed E-state index contributed by atoms with van der Waals surface area (Å²) in [7, 11) is 1.70. The highest BCUT2D eigenvalue weighted by Gasteiger charge is 2.25. The largest absolute Gasteiger partial charge is 0.496 e. The van der Waals surface area contributed by atoms with Crippen LogP contribution in [0.4, 0.5) is 0 Å². The second kappa shape index (κ2) is 7.89. The van der Waals surface area contributed by atoms with Crippen molar-refractivity contribution in [1.82, 2.24) is 0 Å². The molecule has 0 aliphatic heterocycles. The van der Waals surface area contributed by atoms with Crippen molar-refractivity contribution in [2.75, 3.05) is 7.11 Å². The first-order chi connectivity index (χ1) is 13.3. The van der Waals surface area contributed by atoms with Crippen molar-refractivity contribution in [2.45, 2.75) is 33.1 Å². The van der Waals surface area contributed by atoms with Gasteiger partial charge >= 0.3 is 5.97 Å². The molecule has 0 heterocycles. The highest BCUT2D eigenvalue weighted by molar-refractivity contribution is 5.72. The lowest BCUT2D eigenvalue weighted by molar-refractivity contribution is -0.131. The van der Waals surface area contributed by atoms with Gasteiger partial charge in [-0.05, 0) is 47.4 Å². The number of ether oxygens (including phenoxy) is 2. The average molecular weight is 374 g/mol. The molecule has 3 aromatic rings. The number of carbonyl (C=O) groups is 1. The zero-order valence-electron chi connectivity index (χ0n) is 17.1. The van der Waals surface area contributed by atoms with Crippen molar-refractivity contribution in [3.05, 3.63) is 83.4 Å². The lowest BCUT2D eigenvalue weighted by Crippen LogP contribution is -2.19. The van der Waals surface area contributed by atoms with Crippen LogP contribution in [-0.4, -0.2) is 13.1 Å². The van der Waals surface area contributed by atoms with Gasteiger partial charge in [0.25, 0.3) is 0 Å². The summed E-state index contributed by atoms with van der Waals surface area (Å²) < 4.78 is 10.9. The SMILES string of the molecule is COc1ccc(C(C)(C)c2ccc(OC(C)=O)c(C)c2)cc1-c1ccccc1. The van der Waals surface area contributed by atoms with Crippen molar-refractivity contribution >= 4 is 5.97 Å². The predicted octanol–water partition coefficient (Wildman–Crippen LogP) is 5.92. The molecule has 3 rings (SSSR count). The summed E-state index contributed by atoms with van der Waals surface area (Å²) in [5.74, 6) is 1.15. The molecule has 28 heavy (non-hydrogen) atoms. The smallest absolute Gasteiger partial charge is 0.308 e. The molecular formula is C25H26O3. The van der Waals surface area contributed by atoms with Crippen LogP contribution < -0.4 is 9.47 Å². The molecule has 0 bridgehead atoms. The summed E-state index contributed by atoms with van der Waals surface area (Å²) >= 11 is 0. The minimum Gasteiger partial charge on any atom is -0.496 e. The van der Waals surface area contributed by atoms with Gasteiger partial charge < -0.3 is 9.47 Å². The molecule has 0 saturated heterocycles. The molecular weight excluding hydrogens is 348 g/mol. The lowest BCUT2D eigenvalue weighted by atomic mass is 9.77. The summed E-state index contributed by atoms with van der Waals surface area (Å²) in [4.78, 5) is 11.3.